The highest BCUT2D eigenvalue weighted by Gasteiger charge is 2.12. The minimum absolute atomic E-state index is 0.0573. The van der Waals surface area contributed by atoms with Gasteiger partial charge in [0.1, 0.15) is 5.75 Å². The van der Waals surface area contributed by atoms with Crippen molar-refractivity contribution in [1.29, 1.82) is 0 Å². The topological polar surface area (TPSA) is 94.3 Å². The maximum atomic E-state index is 12.1. The minimum Gasteiger partial charge on any atom is -0.494 e. The van der Waals surface area contributed by atoms with Crippen LogP contribution in [-0.4, -0.2) is 34.2 Å². The molecule has 0 radical (unpaired) electrons. The first-order valence-electron chi connectivity index (χ1n) is 8.65. The van der Waals surface area contributed by atoms with E-state index in [0.29, 0.717) is 29.0 Å². The zero-order valence-electron chi connectivity index (χ0n) is 15.5. The Morgan fingerprint density at radius 2 is 1.93 bits per heavy atom. The molecule has 28 heavy (non-hydrogen) atoms. The largest absolute Gasteiger partial charge is 0.494 e. The van der Waals surface area contributed by atoms with Crippen LogP contribution in [0.4, 0.5) is 5.69 Å². The first kappa shape index (κ1) is 19.6. The van der Waals surface area contributed by atoms with Crippen LogP contribution in [0.2, 0.25) is 0 Å². The van der Waals surface area contributed by atoms with Gasteiger partial charge in [-0.1, -0.05) is 23.9 Å². The molecule has 0 bridgehead atoms. The number of nitrogens with one attached hydrogen (secondary N) is 1. The molecule has 1 heterocycles. The average Bonchev–Trinajstić information content (AvgIpc) is 3.16. The Bertz CT molecular complexity index is 970. The molecule has 0 aliphatic carbocycles. The van der Waals surface area contributed by atoms with E-state index in [2.05, 4.69) is 15.5 Å². The number of thioether (sulfide) groups is 1. The smallest absolute Gasteiger partial charge is 0.277 e. The van der Waals surface area contributed by atoms with Crippen molar-refractivity contribution in [3.63, 3.8) is 0 Å². The summed E-state index contributed by atoms with van der Waals surface area (Å²) in [6.45, 7) is 4.00. The summed E-state index contributed by atoms with van der Waals surface area (Å²) in [5, 5.41) is 11.0. The number of aromatic nitrogens is 2. The normalized spacial score (nSPS) is 10.5. The van der Waals surface area contributed by atoms with Gasteiger partial charge in [0.05, 0.1) is 12.4 Å². The zero-order valence-corrected chi connectivity index (χ0v) is 16.3. The molecule has 0 spiro atoms. The summed E-state index contributed by atoms with van der Waals surface area (Å²) in [7, 11) is 0. The van der Waals surface area contributed by atoms with Crippen LogP contribution in [0.25, 0.3) is 11.5 Å². The Morgan fingerprint density at radius 3 is 2.64 bits per heavy atom. The van der Waals surface area contributed by atoms with Crippen molar-refractivity contribution >= 4 is 29.1 Å². The number of benzene rings is 2. The molecule has 0 saturated heterocycles. The van der Waals surface area contributed by atoms with Gasteiger partial charge in [-0.15, -0.1) is 10.2 Å². The van der Waals surface area contributed by atoms with E-state index < -0.39 is 0 Å². The Morgan fingerprint density at radius 1 is 1.14 bits per heavy atom. The minimum atomic E-state index is -0.230. The zero-order chi connectivity index (χ0) is 19.9. The number of hydrogen-bond donors (Lipinski definition) is 1. The summed E-state index contributed by atoms with van der Waals surface area (Å²) >= 11 is 1.14. The average molecular weight is 397 g/mol. The molecule has 3 rings (SSSR count). The molecule has 0 aliphatic rings. The fraction of sp³-hybridized carbons (Fsp3) is 0.200. The number of amides is 1. The van der Waals surface area contributed by atoms with Crippen LogP contribution >= 0.6 is 11.8 Å². The number of carbonyl (C=O) groups excluding carboxylic acids is 2. The lowest BCUT2D eigenvalue weighted by molar-refractivity contribution is -0.113. The fourth-order valence-corrected chi connectivity index (χ4v) is 2.95. The Kier molecular flexibility index (Phi) is 6.44. The molecule has 2 aromatic carbocycles. The third-order valence-corrected chi connectivity index (χ3v) is 4.52. The Labute approximate surface area is 166 Å². The molecule has 7 nitrogen and oxygen atoms in total. The molecule has 8 heteroatoms. The van der Waals surface area contributed by atoms with Crippen molar-refractivity contribution in [3.8, 4) is 17.2 Å². The van der Waals surface area contributed by atoms with Crippen LogP contribution in [0.5, 0.6) is 5.75 Å². The second kappa shape index (κ2) is 9.18. The van der Waals surface area contributed by atoms with Crippen molar-refractivity contribution in [1.82, 2.24) is 10.2 Å². The highest BCUT2D eigenvalue weighted by molar-refractivity contribution is 7.99. The van der Waals surface area contributed by atoms with Gasteiger partial charge in [-0.25, -0.2) is 0 Å². The lowest BCUT2D eigenvalue weighted by atomic mass is 10.1. The monoisotopic (exact) mass is 397 g/mol. The number of Topliss-reactive ketones (excluding diaryl/α,β-unsaturated/α-hetero) is 1. The van der Waals surface area contributed by atoms with Crippen molar-refractivity contribution in [2.45, 2.75) is 19.1 Å². The van der Waals surface area contributed by atoms with Crippen LogP contribution in [0.15, 0.2) is 58.2 Å². The van der Waals surface area contributed by atoms with Crippen LogP contribution in [-0.2, 0) is 4.79 Å². The Balaban J connectivity index is 1.56. The lowest BCUT2D eigenvalue weighted by Gasteiger charge is -2.05. The van der Waals surface area contributed by atoms with Gasteiger partial charge in [-0.05, 0) is 50.2 Å². The number of nitrogens with zero attached hydrogens (tertiary/aromatic N) is 2. The molecule has 0 atom stereocenters. The van der Waals surface area contributed by atoms with Crippen molar-refractivity contribution in [2.75, 3.05) is 17.7 Å². The first-order valence-corrected chi connectivity index (χ1v) is 9.64. The summed E-state index contributed by atoms with van der Waals surface area (Å²) in [6, 6.07) is 14.1. The summed E-state index contributed by atoms with van der Waals surface area (Å²) in [4.78, 5) is 23.5. The summed E-state index contributed by atoms with van der Waals surface area (Å²) in [5.41, 5.74) is 1.88. The Hall–Kier alpha value is -3.13. The van der Waals surface area contributed by atoms with Crippen LogP contribution in [0.3, 0.4) is 0 Å². The molecule has 1 aromatic heterocycles. The van der Waals surface area contributed by atoms with Gasteiger partial charge in [0.25, 0.3) is 5.22 Å². The number of carbonyl (C=O) groups is 2. The number of rotatable bonds is 8. The molecular weight excluding hydrogens is 378 g/mol. The standard InChI is InChI=1S/C20H19N3O4S/c1-3-26-17-9-7-14(8-10-17)19-22-23-20(27-19)28-12-18(25)21-16-6-4-5-15(11-16)13(2)24/h4-11H,3,12H2,1-2H3,(H,21,25). The second-order valence-corrected chi connectivity index (χ2v) is 6.73. The molecule has 1 amide bonds. The predicted molar refractivity (Wildman–Crippen MR) is 107 cm³/mol. The molecule has 0 fully saturated rings. The summed E-state index contributed by atoms with van der Waals surface area (Å²) in [5.74, 6) is 0.963. The van der Waals surface area contributed by atoms with Gasteiger partial charge in [0.2, 0.25) is 11.8 Å². The maximum absolute atomic E-state index is 12.1. The number of hydrogen-bond acceptors (Lipinski definition) is 7. The van der Waals surface area contributed by atoms with Crippen molar-refractivity contribution in [2.24, 2.45) is 0 Å². The van der Waals surface area contributed by atoms with E-state index in [1.165, 1.54) is 6.92 Å². The molecule has 0 aliphatic heterocycles. The SMILES string of the molecule is CCOc1ccc(-c2nnc(SCC(=O)Nc3cccc(C(C)=O)c3)o2)cc1. The predicted octanol–water partition coefficient (Wildman–Crippen LogP) is 4.07. The van der Waals surface area contributed by atoms with E-state index in [1.54, 1.807) is 24.3 Å². The van der Waals surface area contributed by atoms with Gasteiger partial charge < -0.3 is 14.5 Å². The maximum Gasteiger partial charge on any atom is 0.277 e. The highest BCUT2D eigenvalue weighted by atomic mass is 32.2. The van der Waals surface area contributed by atoms with Gasteiger partial charge in [0.15, 0.2) is 5.78 Å². The number of ketones is 1. The van der Waals surface area contributed by atoms with Gasteiger partial charge in [0, 0.05) is 16.8 Å². The van der Waals surface area contributed by atoms with Crippen LogP contribution < -0.4 is 10.1 Å². The van der Waals surface area contributed by atoms with E-state index in [0.717, 1.165) is 23.1 Å². The number of ether oxygens (including phenoxy) is 1. The third-order valence-electron chi connectivity index (χ3n) is 3.70. The quantitative estimate of drug-likeness (QED) is 0.452. The fourth-order valence-electron chi connectivity index (χ4n) is 2.39. The van der Waals surface area contributed by atoms with E-state index in [-0.39, 0.29) is 17.4 Å². The first-order chi connectivity index (χ1) is 13.5. The molecular formula is C20H19N3O4S. The van der Waals surface area contributed by atoms with Crippen LogP contribution in [0, 0.1) is 0 Å². The van der Waals surface area contributed by atoms with E-state index >= 15 is 0 Å². The van der Waals surface area contributed by atoms with Gasteiger partial charge in [-0.3, -0.25) is 9.59 Å². The van der Waals surface area contributed by atoms with E-state index in [9.17, 15) is 9.59 Å². The summed E-state index contributed by atoms with van der Waals surface area (Å²) < 4.78 is 11.0. The van der Waals surface area contributed by atoms with Gasteiger partial charge >= 0.3 is 0 Å². The van der Waals surface area contributed by atoms with Crippen LogP contribution in [0.1, 0.15) is 24.2 Å². The third kappa shape index (κ3) is 5.20. The lowest BCUT2D eigenvalue weighted by Crippen LogP contribution is -2.14. The van der Waals surface area contributed by atoms with E-state index in [4.69, 9.17) is 9.15 Å². The van der Waals surface area contributed by atoms with Gasteiger partial charge in [-0.2, -0.15) is 0 Å². The second-order valence-electron chi connectivity index (χ2n) is 5.80. The molecule has 1 N–H and O–H groups in total. The molecule has 0 saturated carbocycles. The highest BCUT2D eigenvalue weighted by Crippen LogP contribution is 2.25. The molecule has 144 valence electrons. The van der Waals surface area contributed by atoms with E-state index in [1.807, 2.05) is 31.2 Å². The molecule has 0 unspecified atom stereocenters. The number of anilines is 1. The van der Waals surface area contributed by atoms with Crippen molar-refractivity contribution in [3.05, 3.63) is 54.1 Å². The van der Waals surface area contributed by atoms with Crippen molar-refractivity contribution < 1.29 is 18.7 Å². The molecule has 3 aromatic rings. The summed E-state index contributed by atoms with van der Waals surface area (Å²) in [6.07, 6.45) is 0.